The lowest BCUT2D eigenvalue weighted by atomic mass is 10.0. The van der Waals surface area contributed by atoms with Gasteiger partial charge in [-0.15, -0.1) is 0 Å². The van der Waals surface area contributed by atoms with Crippen LogP contribution < -0.4 is 10.6 Å². The van der Waals surface area contributed by atoms with Crippen molar-refractivity contribution in [3.63, 3.8) is 0 Å². The first-order valence-corrected chi connectivity index (χ1v) is 11.8. The fourth-order valence-electron chi connectivity index (χ4n) is 3.08. The molecule has 0 unspecified atom stereocenters. The van der Waals surface area contributed by atoms with E-state index >= 15 is 0 Å². The van der Waals surface area contributed by atoms with Crippen LogP contribution in [0.2, 0.25) is 0 Å². The summed E-state index contributed by atoms with van der Waals surface area (Å²) in [4.78, 5) is 27.6. The van der Waals surface area contributed by atoms with E-state index in [1.165, 1.54) is 30.3 Å². The van der Waals surface area contributed by atoms with Crippen LogP contribution in [0.15, 0.2) is 76.8 Å². The molecule has 2 N–H and O–H groups in total. The fourth-order valence-corrected chi connectivity index (χ4v) is 4.43. The van der Waals surface area contributed by atoms with Crippen molar-refractivity contribution < 1.29 is 22.4 Å². The highest BCUT2D eigenvalue weighted by Crippen LogP contribution is 2.26. The van der Waals surface area contributed by atoms with Crippen molar-refractivity contribution in [2.75, 3.05) is 5.32 Å². The van der Waals surface area contributed by atoms with Crippen LogP contribution in [-0.2, 0) is 16.4 Å². The monoisotopic (exact) mass is 469 g/mol. The molecular weight excluding hydrogens is 445 g/mol. The molecule has 0 atom stereocenters. The van der Waals surface area contributed by atoms with Gasteiger partial charge in [0.2, 0.25) is 9.84 Å². The highest BCUT2D eigenvalue weighted by atomic mass is 32.2. The molecule has 0 aliphatic heterocycles. The van der Waals surface area contributed by atoms with Gasteiger partial charge in [-0.3, -0.25) is 9.78 Å². The molecule has 3 rings (SSSR count). The lowest BCUT2D eigenvalue weighted by Crippen LogP contribution is -2.28. The van der Waals surface area contributed by atoms with Crippen molar-refractivity contribution >= 4 is 27.3 Å². The van der Waals surface area contributed by atoms with Gasteiger partial charge >= 0.3 is 6.03 Å². The lowest BCUT2D eigenvalue weighted by Gasteiger charge is -2.11. The number of hydrogen-bond acceptors (Lipinski definition) is 5. The summed E-state index contributed by atoms with van der Waals surface area (Å²) in [6.45, 7) is 4.01. The number of aromatic nitrogens is 1. The summed E-state index contributed by atoms with van der Waals surface area (Å²) < 4.78 is 40.4. The van der Waals surface area contributed by atoms with Crippen molar-refractivity contribution in [3.05, 3.63) is 83.9 Å². The quantitative estimate of drug-likeness (QED) is 0.469. The Balaban J connectivity index is 1.73. The molecule has 1 heterocycles. The number of carbonyl (C=O) groups is 2. The van der Waals surface area contributed by atoms with Gasteiger partial charge < -0.3 is 10.6 Å². The number of anilines is 1. The highest BCUT2D eigenvalue weighted by Gasteiger charge is 2.24. The normalized spacial score (nSPS) is 11.3. The SMILES string of the molecule is CC(C)CC(=O)c1ccc(F)c(S(=O)(=O)c2ccc(NC(=O)NCc3cccnc3)cc2)c1. The minimum Gasteiger partial charge on any atom is -0.334 e. The molecule has 33 heavy (non-hydrogen) atoms. The maximum Gasteiger partial charge on any atom is 0.319 e. The maximum atomic E-state index is 14.4. The average Bonchev–Trinajstić information content (AvgIpc) is 2.78. The molecule has 0 aliphatic rings. The molecule has 0 spiro atoms. The summed E-state index contributed by atoms with van der Waals surface area (Å²) in [6.07, 6.45) is 3.49. The fraction of sp³-hybridized carbons (Fsp3) is 0.208. The van der Waals surface area contributed by atoms with Crippen LogP contribution >= 0.6 is 0 Å². The van der Waals surface area contributed by atoms with E-state index in [0.29, 0.717) is 5.69 Å². The summed E-state index contributed by atoms with van der Waals surface area (Å²) in [5.41, 5.74) is 1.33. The molecule has 0 saturated heterocycles. The zero-order chi connectivity index (χ0) is 24.0. The summed E-state index contributed by atoms with van der Waals surface area (Å²) >= 11 is 0. The van der Waals surface area contributed by atoms with Crippen molar-refractivity contribution in [1.82, 2.24) is 10.3 Å². The van der Waals surface area contributed by atoms with Gasteiger partial charge in [0, 0.05) is 36.6 Å². The highest BCUT2D eigenvalue weighted by molar-refractivity contribution is 7.91. The Labute approximate surface area is 192 Å². The molecule has 0 bridgehead atoms. The number of rotatable bonds is 8. The molecule has 3 aromatic rings. The van der Waals surface area contributed by atoms with Gasteiger partial charge in [-0.2, -0.15) is 0 Å². The van der Waals surface area contributed by atoms with E-state index in [1.54, 1.807) is 18.5 Å². The zero-order valence-electron chi connectivity index (χ0n) is 18.2. The minimum absolute atomic E-state index is 0.0872. The van der Waals surface area contributed by atoms with Crippen molar-refractivity contribution in [3.8, 4) is 0 Å². The summed E-state index contributed by atoms with van der Waals surface area (Å²) in [6, 6.07) is 11.8. The van der Waals surface area contributed by atoms with Crippen molar-refractivity contribution in [2.24, 2.45) is 5.92 Å². The third-order valence-electron chi connectivity index (χ3n) is 4.73. The molecule has 0 saturated carbocycles. The van der Waals surface area contributed by atoms with Gasteiger partial charge in [-0.25, -0.2) is 17.6 Å². The number of sulfone groups is 1. The number of nitrogens with one attached hydrogen (secondary N) is 2. The van der Waals surface area contributed by atoms with E-state index in [1.807, 2.05) is 19.9 Å². The number of urea groups is 1. The number of halogens is 1. The predicted octanol–water partition coefficient (Wildman–Crippen LogP) is 4.60. The summed E-state index contributed by atoms with van der Waals surface area (Å²) in [7, 11) is -4.21. The Morgan fingerprint density at radius 3 is 2.42 bits per heavy atom. The van der Waals surface area contributed by atoms with E-state index < -0.39 is 26.6 Å². The van der Waals surface area contributed by atoms with Crippen LogP contribution in [0.1, 0.15) is 36.2 Å². The smallest absolute Gasteiger partial charge is 0.319 e. The predicted molar refractivity (Wildman–Crippen MR) is 122 cm³/mol. The lowest BCUT2D eigenvalue weighted by molar-refractivity contribution is 0.0967. The molecule has 7 nitrogen and oxygen atoms in total. The van der Waals surface area contributed by atoms with Gasteiger partial charge in [-0.05, 0) is 60.0 Å². The Kier molecular flexibility index (Phi) is 7.55. The zero-order valence-corrected chi connectivity index (χ0v) is 19.0. The molecule has 0 radical (unpaired) electrons. The third-order valence-corrected chi connectivity index (χ3v) is 6.52. The average molecular weight is 470 g/mol. The molecular formula is C24H24FN3O4S. The Morgan fingerprint density at radius 2 is 1.79 bits per heavy atom. The van der Waals surface area contributed by atoms with Gasteiger partial charge in [-0.1, -0.05) is 19.9 Å². The van der Waals surface area contributed by atoms with E-state index in [9.17, 15) is 22.4 Å². The standard InChI is InChI=1S/C24H24FN3O4S/c1-16(2)12-22(29)18-5-10-21(25)23(13-18)33(31,32)20-8-6-19(7-9-20)28-24(30)27-15-17-4-3-11-26-14-17/h3-11,13-14,16H,12,15H2,1-2H3,(H2,27,28,30). The van der Waals surface area contributed by atoms with E-state index in [4.69, 9.17) is 0 Å². The third kappa shape index (κ3) is 6.23. The maximum absolute atomic E-state index is 14.4. The van der Waals surface area contributed by atoms with Gasteiger partial charge in [0.25, 0.3) is 0 Å². The number of pyridine rings is 1. The summed E-state index contributed by atoms with van der Waals surface area (Å²) in [5, 5.41) is 5.27. The first-order chi connectivity index (χ1) is 15.7. The van der Waals surface area contributed by atoms with Crippen LogP contribution in [0, 0.1) is 11.7 Å². The second kappa shape index (κ2) is 10.4. The molecule has 9 heteroatoms. The number of hydrogen-bond donors (Lipinski definition) is 2. The molecule has 0 aliphatic carbocycles. The number of nitrogens with zero attached hydrogens (tertiary/aromatic N) is 1. The second-order valence-corrected chi connectivity index (χ2v) is 9.78. The van der Waals surface area contributed by atoms with Crippen LogP contribution in [0.25, 0.3) is 0 Å². The molecule has 172 valence electrons. The van der Waals surface area contributed by atoms with E-state index in [2.05, 4.69) is 15.6 Å². The van der Waals surface area contributed by atoms with Crippen molar-refractivity contribution in [2.45, 2.75) is 36.6 Å². The summed E-state index contributed by atoms with van der Waals surface area (Å²) in [5.74, 6) is -1.10. The topological polar surface area (TPSA) is 105 Å². The van der Waals surface area contributed by atoms with Crippen LogP contribution in [0.3, 0.4) is 0 Å². The Morgan fingerprint density at radius 1 is 1.06 bits per heavy atom. The second-order valence-electron chi connectivity index (χ2n) is 7.86. The Bertz CT molecular complexity index is 1240. The van der Waals surface area contributed by atoms with Gasteiger partial charge in [0.05, 0.1) is 4.90 Å². The largest absolute Gasteiger partial charge is 0.334 e. The number of carbonyl (C=O) groups excluding carboxylic acids is 2. The number of benzene rings is 2. The molecule has 2 aromatic carbocycles. The van der Waals surface area contributed by atoms with Gasteiger partial charge in [0.1, 0.15) is 10.7 Å². The molecule has 2 amide bonds. The van der Waals surface area contributed by atoms with E-state index in [-0.39, 0.29) is 35.1 Å². The number of ketones is 1. The first-order valence-electron chi connectivity index (χ1n) is 10.3. The van der Waals surface area contributed by atoms with E-state index in [0.717, 1.165) is 17.7 Å². The minimum atomic E-state index is -4.21. The molecule has 0 fully saturated rings. The Hall–Kier alpha value is -3.59. The van der Waals surface area contributed by atoms with Gasteiger partial charge in [0.15, 0.2) is 5.78 Å². The molecule has 1 aromatic heterocycles. The number of amides is 2. The van der Waals surface area contributed by atoms with Crippen molar-refractivity contribution in [1.29, 1.82) is 0 Å². The van der Waals surface area contributed by atoms with Crippen LogP contribution in [0.4, 0.5) is 14.9 Å². The van der Waals surface area contributed by atoms with Crippen LogP contribution in [-0.4, -0.2) is 25.2 Å². The van der Waals surface area contributed by atoms with Crippen LogP contribution in [0.5, 0.6) is 0 Å². The number of Topliss-reactive ketones (excluding diaryl/α,β-unsaturated/α-hetero) is 1. The first kappa shape index (κ1) is 24.1.